The van der Waals surface area contributed by atoms with Gasteiger partial charge in [-0.25, -0.2) is 10.2 Å². The Bertz CT molecular complexity index is 346. The summed E-state index contributed by atoms with van der Waals surface area (Å²) in [6, 6.07) is 3.42. The Kier molecular flexibility index (Phi) is 1.91. The number of hydrazone groups is 1. The summed E-state index contributed by atoms with van der Waals surface area (Å²) in [4.78, 5) is 14.6. The first-order valence-electron chi connectivity index (χ1n) is 3.87. The Hall–Kier alpha value is -1.91. The van der Waals surface area contributed by atoms with Gasteiger partial charge in [-0.2, -0.15) is 5.10 Å². The molecule has 2 N–H and O–H groups in total. The number of rotatable bonds is 1. The van der Waals surface area contributed by atoms with E-state index in [0.29, 0.717) is 6.54 Å². The molecule has 1 aromatic heterocycles. The summed E-state index contributed by atoms with van der Waals surface area (Å²) in [5, 5.41) is 6.54. The van der Waals surface area contributed by atoms with E-state index in [0.717, 1.165) is 11.3 Å². The molecular weight excluding hydrogens is 168 g/mol. The summed E-state index contributed by atoms with van der Waals surface area (Å²) in [6.07, 6.45) is 3.38. The molecular formula is C8H8N4O. The summed E-state index contributed by atoms with van der Waals surface area (Å²) in [5.41, 5.74) is 4.12. The summed E-state index contributed by atoms with van der Waals surface area (Å²) in [7, 11) is 0. The second-order valence-corrected chi connectivity index (χ2v) is 2.59. The maximum absolute atomic E-state index is 10.7. The first-order chi connectivity index (χ1) is 6.36. The van der Waals surface area contributed by atoms with Gasteiger partial charge in [-0.05, 0) is 12.1 Å². The third kappa shape index (κ3) is 1.64. The van der Waals surface area contributed by atoms with E-state index >= 15 is 0 Å². The highest BCUT2D eigenvalue weighted by atomic mass is 16.2. The van der Waals surface area contributed by atoms with Gasteiger partial charge in [0.15, 0.2) is 0 Å². The second-order valence-electron chi connectivity index (χ2n) is 2.59. The molecule has 2 amide bonds. The van der Waals surface area contributed by atoms with Crippen molar-refractivity contribution in [2.24, 2.45) is 5.10 Å². The lowest BCUT2D eigenvalue weighted by Gasteiger charge is -2.13. The van der Waals surface area contributed by atoms with Gasteiger partial charge in [0, 0.05) is 18.0 Å². The SMILES string of the molecule is O=C1NCC(c2ccncc2)=NN1. The summed E-state index contributed by atoms with van der Waals surface area (Å²) < 4.78 is 0. The Morgan fingerprint density at radius 1 is 1.31 bits per heavy atom. The molecule has 66 valence electrons. The third-order valence-corrected chi connectivity index (χ3v) is 1.72. The van der Waals surface area contributed by atoms with Crippen LogP contribution in [0.3, 0.4) is 0 Å². The average Bonchev–Trinajstić information content (AvgIpc) is 2.20. The van der Waals surface area contributed by atoms with E-state index < -0.39 is 0 Å². The van der Waals surface area contributed by atoms with Crippen molar-refractivity contribution < 1.29 is 4.79 Å². The number of carbonyl (C=O) groups excluding carboxylic acids is 1. The number of hydrogen-bond acceptors (Lipinski definition) is 3. The van der Waals surface area contributed by atoms with Crippen LogP contribution in [0, 0.1) is 0 Å². The van der Waals surface area contributed by atoms with Crippen LogP contribution in [0.4, 0.5) is 4.79 Å². The van der Waals surface area contributed by atoms with Crippen LogP contribution in [-0.4, -0.2) is 23.3 Å². The van der Waals surface area contributed by atoms with Crippen molar-refractivity contribution in [3.63, 3.8) is 0 Å². The zero-order valence-electron chi connectivity index (χ0n) is 6.82. The molecule has 5 heteroatoms. The number of amides is 2. The van der Waals surface area contributed by atoms with E-state index in [4.69, 9.17) is 0 Å². The molecule has 0 fully saturated rings. The topological polar surface area (TPSA) is 66.4 Å². The molecule has 0 aromatic carbocycles. The van der Waals surface area contributed by atoms with Crippen LogP contribution in [-0.2, 0) is 0 Å². The number of carbonyl (C=O) groups is 1. The minimum atomic E-state index is -0.266. The van der Waals surface area contributed by atoms with Crippen molar-refractivity contribution in [3.05, 3.63) is 30.1 Å². The molecule has 0 spiro atoms. The normalized spacial score (nSPS) is 15.7. The highest BCUT2D eigenvalue weighted by Gasteiger charge is 2.10. The Morgan fingerprint density at radius 3 is 2.69 bits per heavy atom. The van der Waals surface area contributed by atoms with E-state index in [1.54, 1.807) is 12.4 Å². The van der Waals surface area contributed by atoms with E-state index in [9.17, 15) is 4.79 Å². The van der Waals surface area contributed by atoms with Gasteiger partial charge in [-0.15, -0.1) is 0 Å². The van der Waals surface area contributed by atoms with Gasteiger partial charge in [0.2, 0.25) is 0 Å². The van der Waals surface area contributed by atoms with Gasteiger partial charge >= 0.3 is 6.03 Å². The number of aromatic nitrogens is 1. The standard InChI is InChI=1S/C8H8N4O/c13-8-10-5-7(11-12-8)6-1-3-9-4-2-6/h1-4H,5H2,(H2,10,12,13). The van der Waals surface area contributed by atoms with Crippen LogP contribution in [0.5, 0.6) is 0 Å². The first kappa shape index (κ1) is 7.72. The Labute approximate surface area is 74.9 Å². The molecule has 5 nitrogen and oxygen atoms in total. The lowest BCUT2D eigenvalue weighted by molar-refractivity contribution is 0.241. The molecule has 13 heavy (non-hydrogen) atoms. The van der Waals surface area contributed by atoms with Gasteiger partial charge in [0.1, 0.15) is 0 Å². The largest absolute Gasteiger partial charge is 0.335 e. The molecule has 2 heterocycles. The molecule has 0 aliphatic carbocycles. The van der Waals surface area contributed by atoms with Crippen LogP contribution < -0.4 is 10.7 Å². The van der Waals surface area contributed by atoms with Crippen molar-refractivity contribution in [3.8, 4) is 0 Å². The fraction of sp³-hybridized carbons (Fsp3) is 0.125. The fourth-order valence-electron chi connectivity index (χ4n) is 1.07. The van der Waals surface area contributed by atoms with Crippen LogP contribution in [0.25, 0.3) is 0 Å². The van der Waals surface area contributed by atoms with Crippen molar-refractivity contribution in [1.29, 1.82) is 0 Å². The first-order valence-corrected chi connectivity index (χ1v) is 3.87. The van der Waals surface area contributed by atoms with Crippen molar-refractivity contribution in [1.82, 2.24) is 15.7 Å². The average molecular weight is 176 g/mol. The lowest BCUT2D eigenvalue weighted by atomic mass is 10.1. The third-order valence-electron chi connectivity index (χ3n) is 1.72. The predicted octanol–water partition coefficient (Wildman–Crippen LogP) is 0.0985. The highest BCUT2D eigenvalue weighted by molar-refractivity contribution is 6.05. The summed E-state index contributed by atoms with van der Waals surface area (Å²) >= 11 is 0. The van der Waals surface area contributed by atoms with Crippen LogP contribution in [0.15, 0.2) is 29.6 Å². The smallest absolute Gasteiger partial charge is 0.331 e. The van der Waals surface area contributed by atoms with E-state index in [1.807, 2.05) is 12.1 Å². The van der Waals surface area contributed by atoms with Gasteiger partial charge in [-0.3, -0.25) is 4.98 Å². The molecule has 1 aliphatic heterocycles. The zero-order valence-corrected chi connectivity index (χ0v) is 6.82. The number of pyridine rings is 1. The molecule has 0 bridgehead atoms. The van der Waals surface area contributed by atoms with E-state index in [1.165, 1.54) is 0 Å². The molecule has 0 saturated carbocycles. The maximum Gasteiger partial charge on any atom is 0.335 e. The van der Waals surface area contributed by atoms with Crippen molar-refractivity contribution in [2.45, 2.75) is 0 Å². The number of urea groups is 1. The predicted molar refractivity (Wildman–Crippen MR) is 47.3 cm³/mol. The summed E-state index contributed by atoms with van der Waals surface area (Å²) in [6.45, 7) is 0.454. The van der Waals surface area contributed by atoms with Crippen LogP contribution >= 0.6 is 0 Å². The van der Waals surface area contributed by atoms with Crippen LogP contribution in [0.2, 0.25) is 0 Å². The molecule has 2 rings (SSSR count). The van der Waals surface area contributed by atoms with Crippen molar-refractivity contribution >= 4 is 11.7 Å². The molecule has 0 atom stereocenters. The lowest BCUT2D eigenvalue weighted by Crippen LogP contribution is -2.42. The monoisotopic (exact) mass is 176 g/mol. The molecule has 0 saturated heterocycles. The minimum absolute atomic E-state index is 0.266. The minimum Gasteiger partial charge on any atom is -0.331 e. The maximum atomic E-state index is 10.7. The molecule has 0 unspecified atom stereocenters. The van der Waals surface area contributed by atoms with Crippen LogP contribution in [0.1, 0.15) is 5.56 Å². The molecule has 1 aromatic rings. The Morgan fingerprint density at radius 2 is 2.08 bits per heavy atom. The number of hydrogen-bond donors (Lipinski definition) is 2. The number of nitrogens with zero attached hydrogens (tertiary/aromatic N) is 2. The highest BCUT2D eigenvalue weighted by Crippen LogP contribution is 1.99. The molecule has 1 aliphatic rings. The number of nitrogens with one attached hydrogen (secondary N) is 2. The second kappa shape index (κ2) is 3.22. The van der Waals surface area contributed by atoms with Gasteiger partial charge in [0.25, 0.3) is 0 Å². The summed E-state index contributed by atoms with van der Waals surface area (Å²) in [5.74, 6) is 0. The fourth-order valence-corrected chi connectivity index (χ4v) is 1.07. The van der Waals surface area contributed by atoms with E-state index in [-0.39, 0.29) is 6.03 Å². The molecule has 0 radical (unpaired) electrons. The van der Waals surface area contributed by atoms with Gasteiger partial charge in [0.05, 0.1) is 12.3 Å². The zero-order chi connectivity index (χ0) is 9.10. The van der Waals surface area contributed by atoms with Gasteiger partial charge < -0.3 is 5.32 Å². The van der Waals surface area contributed by atoms with E-state index in [2.05, 4.69) is 20.8 Å². The Balaban J connectivity index is 2.23. The van der Waals surface area contributed by atoms with Crippen molar-refractivity contribution in [2.75, 3.05) is 6.54 Å². The van der Waals surface area contributed by atoms with Gasteiger partial charge in [-0.1, -0.05) is 0 Å². The quantitative estimate of drug-likeness (QED) is 0.637.